The summed E-state index contributed by atoms with van der Waals surface area (Å²) < 4.78 is 103. The van der Waals surface area contributed by atoms with Crippen LogP contribution in [0.5, 0.6) is 0 Å². The fourth-order valence-electron chi connectivity index (χ4n) is 5.40. The zero-order valence-electron chi connectivity index (χ0n) is 30.1. The average Bonchev–Trinajstić information content (AvgIpc) is 2.96. The van der Waals surface area contributed by atoms with Gasteiger partial charge in [-0.1, -0.05) is 0 Å². The molecule has 0 saturated carbocycles. The third kappa shape index (κ3) is 10.8. The number of hydrogen-bond donors (Lipinski definition) is 2. The molecule has 3 rings (SSSR count). The number of alkyl halides is 6. The van der Waals surface area contributed by atoms with Crippen LogP contribution in [0.25, 0.3) is 0 Å². The van der Waals surface area contributed by atoms with Crippen molar-refractivity contribution in [1.82, 2.24) is 4.90 Å². The molecule has 1 aliphatic rings. The Morgan fingerprint density at radius 3 is 1.71 bits per heavy atom. The molecule has 0 aromatic heterocycles. The van der Waals surface area contributed by atoms with E-state index < -0.39 is 83.2 Å². The number of rotatable bonds is 6. The van der Waals surface area contributed by atoms with Gasteiger partial charge >= 0.3 is 36.7 Å². The van der Waals surface area contributed by atoms with Gasteiger partial charge < -0.3 is 18.9 Å². The number of methoxy groups -OCH3 is 1. The van der Waals surface area contributed by atoms with Gasteiger partial charge in [0.1, 0.15) is 11.2 Å². The molecule has 0 fully saturated rings. The highest BCUT2D eigenvalue weighted by molar-refractivity contribution is 5.99. The monoisotopic (exact) mass is 748 g/mol. The van der Waals surface area contributed by atoms with Crippen molar-refractivity contribution in [3.63, 3.8) is 0 Å². The number of nitrogens with zero attached hydrogens (tertiary/aromatic N) is 2. The predicted octanol–water partition coefficient (Wildman–Crippen LogP) is 9.48. The van der Waals surface area contributed by atoms with Crippen molar-refractivity contribution < 1.29 is 64.5 Å². The number of carbonyl (C=O) groups is 4. The molecule has 0 bridgehead atoms. The van der Waals surface area contributed by atoms with Crippen molar-refractivity contribution in [3.05, 3.63) is 52.6 Å². The van der Waals surface area contributed by atoms with Crippen LogP contribution < -0.4 is 15.5 Å². The molecule has 2 aromatic carbocycles. The van der Waals surface area contributed by atoms with Crippen LogP contribution >= 0.6 is 0 Å². The topological polar surface area (TPSA) is 136 Å². The van der Waals surface area contributed by atoms with Gasteiger partial charge in [0, 0.05) is 18.2 Å². The third-order valence-electron chi connectivity index (χ3n) is 7.31. The van der Waals surface area contributed by atoms with Crippen molar-refractivity contribution in [2.24, 2.45) is 0 Å². The fraction of sp³-hybridized carbons (Fsp3) is 0.529. The summed E-state index contributed by atoms with van der Waals surface area (Å²) in [4.78, 5) is 54.7. The number of carbonyl (C=O) groups excluding carboxylic acids is 4. The Kier molecular flexibility index (Phi) is 12.3. The van der Waals surface area contributed by atoms with Gasteiger partial charge in [-0.05, 0) is 97.7 Å². The number of fused-ring (bicyclic) bond motifs is 1. The summed E-state index contributed by atoms with van der Waals surface area (Å²) in [6, 6.07) is 1.52. The van der Waals surface area contributed by atoms with Gasteiger partial charge in [0.15, 0.2) is 0 Å². The molecule has 2 atom stereocenters. The largest absolute Gasteiger partial charge is 0.453 e. The normalized spacial score (nSPS) is 16.3. The molecule has 18 heteroatoms. The van der Waals surface area contributed by atoms with E-state index in [2.05, 4.69) is 10.6 Å². The van der Waals surface area contributed by atoms with E-state index in [9.17, 15) is 45.5 Å². The first kappa shape index (κ1) is 41.5. The number of amides is 4. The minimum atomic E-state index is -5.15. The number of hydrogen-bond acceptors (Lipinski definition) is 8. The summed E-state index contributed by atoms with van der Waals surface area (Å²) in [6.45, 7) is 11.9. The molecule has 1 aliphatic heterocycles. The number of halogens is 6. The first-order valence-corrected chi connectivity index (χ1v) is 16.0. The maximum atomic E-state index is 13.7. The van der Waals surface area contributed by atoms with Gasteiger partial charge in [-0.2, -0.15) is 26.3 Å². The molecule has 0 radical (unpaired) electrons. The van der Waals surface area contributed by atoms with Crippen LogP contribution in [0.15, 0.2) is 30.3 Å². The Morgan fingerprint density at radius 1 is 0.808 bits per heavy atom. The molecule has 288 valence electrons. The lowest BCUT2D eigenvalue weighted by Crippen LogP contribution is -2.47. The molecule has 0 spiro atoms. The van der Waals surface area contributed by atoms with Crippen molar-refractivity contribution in [2.45, 2.75) is 104 Å². The minimum Gasteiger partial charge on any atom is -0.453 e. The van der Waals surface area contributed by atoms with Crippen molar-refractivity contribution in [1.29, 1.82) is 0 Å². The lowest BCUT2D eigenvalue weighted by Gasteiger charge is -2.43. The van der Waals surface area contributed by atoms with E-state index in [1.54, 1.807) is 55.4 Å². The average molecular weight is 749 g/mol. The van der Waals surface area contributed by atoms with Crippen LogP contribution in [-0.4, -0.2) is 60.2 Å². The first-order chi connectivity index (χ1) is 23.7. The Balaban J connectivity index is 2.32. The highest BCUT2D eigenvalue weighted by Gasteiger charge is 2.42. The van der Waals surface area contributed by atoms with E-state index in [0.717, 1.165) is 12.0 Å². The zero-order chi connectivity index (χ0) is 39.6. The summed E-state index contributed by atoms with van der Waals surface area (Å²) in [5.41, 5.74) is -5.74. The number of benzene rings is 2. The van der Waals surface area contributed by atoms with E-state index in [1.165, 1.54) is 17.0 Å². The first-order valence-electron chi connectivity index (χ1n) is 16.0. The van der Waals surface area contributed by atoms with Crippen LogP contribution in [0, 0.1) is 0 Å². The molecule has 12 nitrogen and oxygen atoms in total. The quantitative estimate of drug-likeness (QED) is 0.220. The van der Waals surface area contributed by atoms with E-state index in [-0.39, 0.29) is 41.7 Å². The van der Waals surface area contributed by atoms with Crippen LogP contribution in [0.4, 0.5) is 62.6 Å². The highest BCUT2D eigenvalue weighted by Crippen LogP contribution is 2.46. The van der Waals surface area contributed by atoms with Crippen molar-refractivity contribution >= 4 is 41.4 Å². The molecule has 52 heavy (non-hydrogen) atoms. The summed E-state index contributed by atoms with van der Waals surface area (Å²) in [7, 11) is 0.976. The van der Waals surface area contributed by atoms with Crippen LogP contribution in [0.3, 0.4) is 0 Å². The highest BCUT2D eigenvalue weighted by atomic mass is 19.4. The maximum Gasteiger partial charge on any atom is 0.416 e. The van der Waals surface area contributed by atoms with E-state index in [0.29, 0.717) is 12.1 Å². The number of ether oxygens (including phenoxy) is 4. The second kappa shape index (κ2) is 15.4. The summed E-state index contributed by atoms with van der Waals surface area (Å²) in [5, 5.41) is 5.04. The Labute approximate surface area is 296 Å². The van der Waals surface area contributed by atoms with Gasteiger partial charge in [0.05, 0.1) is 47.9 Å². The Bertz CT molecular complexity index is 1630. The van der Waals surface area contributed by atoms with Gasteiger partial charge in [-0.25, -0.2) is 19.2 Å². The second-order valence-electron chi connectivity index (χ2n) is 13.9. The summed E-state index contributed by atoms with van der Waals surface area (Å²) >= 11 is 0. The maximum absolute atomic E-state index is 13.7. The molecule has 4 amide bonds. The molecule has 2 aromatic rings. The molecular formula is C34H42F6N4O8. The molecular weight excluding hydrogens is 706 g/mol. The molecule has 0 unspecified atom stereocenters. The van der Waals surface area contributed by atoms with E-state index in [4.69, 9.17) is 18.9 Å². The van der Waals surface area contributed by atoms with Crippen LogP contribution in [0.1, 0.15) is 90.1 Å². The lowest BCUT2D eigenvalue weighted by molar-refractivity contribution is -0.143. The van der Waals surface area contributed by atoms with E-state index >= 15 is 0 Å². The summed E-state index contributed by atoms with van der Waals surface area (Å²) in [5.74, 6) is 0. The Morgan fingerprint density at radius 2 is 1.29 bits per heavy atom. The number of anilines is 3. The van der Waals surface area contributed by atoms with Crippen LogP contribution in [-0.2, 0) is 37.8 Å². The van der Waals surface area contributed by atoms with E-state index in [1.807, 2.05) is 0 Å². The SMILES string of the molecule is CCOC(=O)N1c2cc(NC(=O)OC(C)(C)C)c(NC(=O)OC(C)(C)C)cc2[C@H](N(Cc2cc(C(F)(F)F)cc(C(F)(F)F)c2)C(=O)OC)C[C@@H]1C. The van der Waals surface area contributed by atoms with Crippen molar-refractivity contribution in [3.8, 4) is 0 Å². The smallest absolute Gasteiger partial charge is 0.416 e. The molecule has 2 N–H and O–H groups in total. The fourth-order valence-corrected chi connectivity index (χ4v) is 5.40. The molecule has 1 heterocycles. The van der Waals surface area contributed by atoms with Gasteiger partial charge in [0.25, 0.3) is 0 Å². The van der Waals surface area contributed by atoms with Gasteiger partial charge in [0.2, 0.25) is 0 Å². The zero-order valence-corrected chi connectivity index (χ0v) is 30.1. The van der Waals surface area contributed by atoms with Gasteiger partial charge in [-0.15, -0.1) is 0 Å². The third-order valence-corrected chi connectivity index (χ3v) is 7.31. The standard InChI is InChI=1S/C34H42F6N4O8/c1-10-50-30(48)44-18(2)11-25(43(29(47)49-9)17-19-12-20(33(35,36)37)14-21(13-19)34(38,39)40)22-15-23(41-27(45)51-31(3,4)5)24(16-26(22)44)42-28(46)52-32(6,7)8/h12-16,18,25H,10-11,17H2,1-9H3,(H,41,45)(H,42,46)/t18-,25+/m0/s1. The molecule has 0 saturated heterocycles. The Hall–Kier alpha value is -4.90. The number of nitrogens with one attached hydrogen (secondary N) is 2. The summed E-state index contributed by atoms with van der Waals surface area (Å²) in [6.07, 6.45) is -14.3. The van der Waals surface area contributed by atoms with Gasteiger partial charge in [-0.3, -0.25) is 20.4 Å². The predicted molar refractivity (Wildman–Crippen MR) is 177 cm³/mol. The van der Waals surface area contributed by atoms with Crippen LogP contribution in [0.2, 0.25) is 0 Å². The second-order valence-corrected chi connectivity index (χ2v) is 13.9. The molecule has 0 aliphatic carbocycles. The van der Waals surface area contributed by atoms with Crippen molar-refractivity contribution in [2.75, 3.05) is 29.3 Å². The lowest BCUT2D eigenvalue weighted by atomic mass is 9.89. The minimum absolute atomic E-state index is 0.0249.